The lowest BCUT2D eigenvalue weighted by Crippen LogP contribution is -2.35. The number of rotatable bonds is 4. The molecule has 5 heteroatoms. The minimum absolute atomic E-state index is 0.281. The van der Waals surface area contributed by atoms with Gasteiger partial charge in [0.2, 0.25) is 0 Å². The van der Waals surface area contributed by atoms with Gasteiger partial charge in [0, 0.05) is 13.1 Å². The Morgan fingerprint density at radius 1 is 1.21 bits per heavy atom. The summed E-state index contributed by atoms with van der Waals surface area (Å²) in [4.78, 5) is 14.4. The molecule has 0 bridgehead atoms. The van der Waals surface area contributed by atoms with E-state index in [1.165, 1.54) is 30.4 Å². The van der Waals surface area contributed by atoms with E-state index < -0.39 is 0 Å². The first-order valence-electron chi connectivity index (χ1n) is 9.98. The second-order valence-corrected chi connectivity index (χ2v) is 7.89. The van der Waals surface area contributed by atoms with Crippen LogP contribution in [0.5, 0.6) is 0 Å². The third-order valence-corrected chi connectivity index (χ3v) is 6.05. The fourth-order valence-electron chi connectivity index (χ4n) is 4.50. The quantitative estimate of drug-likeness (QED) is 0.695. The number of hydrogen-bond acceptors (Lipinski definition) is 4. The summed E-state index contributed by atoms with van der Waals surface area (Å²) < 4.78 is 18.4. The average Bonchev–Trinajstić information content (AvgIpc) is 2.71. The van der Waals surface area contributed by atoms with Gasteiger partial charge in [-0.25, -0.2) is 9.18 Å². The number of anilines is 1. The zero-order chi connectivity index (χ0) is 21.1. The molecule has 0 amide bonds. The fourth-order valence-corrected chi connectivity index (χ4v) is 4.50. The lowest BCUT2D eigenvalue weighted by Gasteiger charge is -2.34. The van der Waals surface area contributed by atoms with Crippen molar-refractivity contribution in [3.8, 4) is 6.07 Å². The van der Waals surface area contributed by atoms with Crippen molar-refractivity contribution in [1.29, 1.82) is 5.26 Å². The van der Waals surface area contributed by atoms with Crippen LogP contribution in [0.4, 0.5) is 10.1 Å². The Morgan fingerprint density at radius 3 is 2.52 bits per heavy atom. The summed E-state index contributed by atoms with van der Waals surface area (Å²) in [7, 11) is 1.42. The maximum atomic E-state index is 13.4. The highest BCUT2D eigenvalue weighted by molar-refractivity contribution is 5.93. The van der Waals surface area contributed by atoms with Gasteiger partial charge in [0.25, 0.3) is 0 Å². The van der Waals surface area contributed by atoms with Crippen molar-refractivity contribution in [3.05, 3.63) is 63.5 Å². The molecule has 4 nitrogen and oxygen atoms in total. The number of halogens is 1. The Kier molecular flexibility index (Phi) is 6.22. The number of ether oxygens (including phenoxy) is 1. The minimum Gasteiger partial charge on any atom is -0.465 e. The van der Waals surface area contributed by atoms with Gasteiger partial charge in [0.15, 0.2) is 0 Å². The number of nitriles is 1. The second kappa shape index (κ2) is 8.65. The molecule has 2 aromatic rings. The number of carbonyl (C=O) groups is 1. The van der Waals surface area contributed by atoms with E-state index in [2.05, 4.69) is 24.0 Å². The Balaban J connectivity index is 1.75. The van der Waals surface area contributed by atoms with Crippen LogP contribution in [0.1, 0.15) is 51.0 Å². The highest BCUT2D eigenvalue weighted by atomic mass is 19.1. The number of carbonyl (C=O) groups excluding carboxylic acids is 1. The summed E-state index contributed by atoms with van der Waals surface area (Å²) in [5.41, 5.74) is 6.28. The van der Waals surface area contributed by atoms with E-state index in [1.54, 1.807) is 6.07 Å². The number of methoxy groups -OCH3 is 1. The SMILES string of the molecule is COC(=O)c1c(C)cc(C)c(CC2CCN(c3ccc(F)cc3C#N)CC2)c1C. The Bertz CT molecular complexity index is 970. The first-order chi connectivity index (χ1) is 13.8. The summed E-state index contributed by atoms with van der Waals surface area (Å²) in [5, 5.41) is 9.31. The molecule has 3 rings (SSSR count). The number of aryl methyl sites for hydroxylation is 2. The minimum atomic E-state index is -0.382. The third kappa shape index (κ3) is 4.27. The number of piperidine rings is 1. The van der Waals surface area contributed by atoms with E-state index in [0.717, 1.165) is 49.2 Å². The van der Waals surface area contributed by atoms with Crippen LogP contribution in [-0.4, -0.2) is 26.2 Å². The van der Waals surface area contributed by atoms with E-state index in [0.29, 0.717) is 17.0 Å². The van der Waals surface area contributed by atoms with Gasteiger partial charge in [-0.1, -0.05) is 6.07 Å². The van der Waals surface area contributed by atoms with Crippen molar-refractivity contribution in [2.24, 2.45) is 5.92 Å². The molecule has 0 atom stereocenters. The van der Waals surface area contributed by atoms with Gasteiger partial charge >= 0.3 is 5.97 Å². The molecule has 0 N–H and O–H groups in total. The van der Waals surface area contributed by atoms with Crippen molar-refractivity contribution < 1.29 is 13.9 Å². The second-order valence-electron chi connectivity index (χ2n) is 7.89. The highest BCUT2D eigenvalue weighted by Crippen LogP contribution is 2.31. The summed E-state index contributed by atoms with van der Waals surface area (Å²) in [6.07, 6.45) is 2.90. The smallest absolute Gasteiger partial charge is 0.338 e. The largest absolute Gasteiger partial charge is 0.465 e. The van der Waals surface area contributed by atoms with E-state index in [-0.39, 0.29) is 11.8 Å². The molecule has 0 spiro atoms. The molecule has 0 saturated carbocycles. The molecular weight excluding hydrogens is 367 g/mol. The van der Waals surface area contributed by atoms with Gasteiger partial charge in [-0.2, -0.15) is 5.26 Å². The van der Waals surface area contributed by atoms with Gasteiger partial charge in [-0.15, -0.1) is 0 Å². The predicted molar refractivity (Wildman–Crippen MR) is 112 cm³/mol. The van der Waals surface area contributed by atoms with Crippen molar-refractivity contribution in [2.45, 2.75) is 40.0 Å². The summed E-state index contributed by atoms with van der Waals surface area (Å²) in [6, 6.07) is 8.58. The van der Waals surface area contributed by atoms with E-state index in [1.807, 2.05) is 13.8 Å². The highest BCUT2D eigenvalue weighted by Gasteiger charge is 2.24. The van der Waals surface area contributed by atoms with E-state index in [4.69, 9.17) is 4.74 Å². The van der Waals surface area contributed by atoms with Crippen LogP contribution in [0.3, 0.4) is 0 Å². The molecule has 0 aliphatic carbocycles. The van der Waals surface area contributed by atoms with Crippen molar-refractivity contribution in [3.63, 3.8) is 0 Å². The topological polar surface area (TPSA) is 53.3 Å². The zero-order valence-electron chi connectivity index (χ0n) is 17.5. The Morgan fingerprint density at radius 2 is 1.90 bits per heavy atom. The zero-order valence-corrected chi connectivity index (χ0v) is 17.5. The van der Waals surface area contributed by atoms with Crippen LogP contribution in [0.2, 0.25) is 0 Å². The van der Waals surface area contributed by atoms with Gasteiger partial charge in [0.05, 0.1) is 23.9 Å². The molecule has 1 aliphatic heterocycles. The number of nitrogens with zero attached hydrogens (tertiary/aromatic N) is 2. The molecule has 152 valence electrons. The third-order valence-electron chi connectivity index (χ3n) is 6.05. The maximum absolute atomic E-state index is 13.4. The Hall–Kier alpha value is -2.87. The van der Waals surface area contributed by atoms with Crippen LogP contribution in [-0.2, 0) is 11.2 Å². The maximum Gasteiger partial charge on any atom is 0.338 e. The first-order valence-corrected chi connectivity index (χ1v) is 9.98. The molecule has 1 fully saturated rings. The van der Waals surface area contributed by atoms with E-state index >= 15 is 0 Å². The molecule has 29 heavy (non-hydrogen) atoms. The monoisotopic (exact) mass is 394 g/mol. The standard InChI is InChI=1S/C24H27FN2O2/c1-15-11-16(2)23(24(28)29-4)17(3)21(15)12-18-7-9-27(10-8-18)22-6-5-20(25)13-19(22)14-26/h5-6,11,13,18H,7-10,12H2,1-4H3. The molecule has 1 saturated heterocycles. The van der Waals surface area contributed by atoms with Gasteiger partial charge < -0.3 is 9.64 Å². The molecule has 0 aromatic heterocycles. The Labute approximate surface area is 171 Å². The van der Waals surface area contributed by atoms with Crippen LogP contribution in [0.15, 0.2) is 24.3 Å². The van der Waals surface area contributed by atoms with Crippen LogP contribution < -0.4 is 4.90 Å². The molecule has 0 unspecified atom stereocenters. The van der Waals surface area contributed by atoms with Gasteiger partial charge in [0.1, 0.15) is 11.9 Å². The molecule has 1 aliphatic rings. The summed E-state index contributed by atoms with van der Waals surface area (Å²) in [6.45, 7) is 7.72. The van der Waals surface area contributed by atoms with Crippen molar-refractivity contribution in [1.82, 2.24) is 0 Å². The van der Waals surface area contributed by atoms with Crippen LogP contribution in [0.25, 0.3) is 0 Å². The predicted octanol–water partition coefficient (Wildman–Crippen LogP) is 4.87. The average molecular weight is 394 g/mol. The van der Waals surface area contributed by atoms with Crippen LogP contribution >= 0.6 is 0 Å². The molecule has 1 heterocycles. The molecule has 2 aromatic carbocycles. The van der Waals surface area contributed by atoms with E-state index in [9.17, 15) is 14.4 Å². The molecular formula is C24H27FN2O2. The van der Waals surface area contributed by atoms with Gasteiger partial charge in [-0.3, -0.25) is 0 Å². The van der Waals surface area contributed by atoms with Crippen molar-refractivity contribution in [2.75, 3.05) is 25.1 Å². The lowest BCUT2D eigenvalue weighted by molar-refractivity contribution is 0.0599. The van der Waals surface area contributed by atoms with Crippen LogP contribution in [0, 0.1) is 43.8 Å². The van der Waals surface area contributed by atoms with Crippen molar-refractivity contribution >= 4 is 11.7 Å². The normalized spacial score (nSPS) is 14.6. The number of esters is 1. The summed E-state index contributed by atoms with van der Waals surface area (Å²) >= 11 is 0. The molecule has 0 radical (unpaired) electrons. The number of benzene rings is 2. The first kappa shape index (κ1) is 20.9. The van der Waals surface area contributed by atoms with Gasteiger partial charge in [-0.05, 0) is 86.4 Å². The lowest BCUT2D eigenvalue weighted by atomic mass is 9.84. The number of hydrogen-bond donors (Lipinski definition) is 0. The fraction of sp³-hybridized carbons (Fsp3) is 0.417. The summed E-state index contributed by atoms with van der Waals surface area (Å²) in [5.74, 6) is -0.161.